The van der Waals surface area contributed by atoms with E-state index in [0.717, 1.165) is 18.0 Å². The number of benzene rings is 1. The average Bonchev–Trinajstić information content (AvgIpc) is 2.35. The Morgan fingerprint density at radius 2 is 2.06 bits per heavy atom. The summed E-state index contributed by atoms with van der Waals surface area (Å²) in [6.45, 7) is 3.24. The lowest BCUT2D eigenvalue weighted by molar-refractivity contribution is -0.132. The van der Waals surface area contributed by atoms with Crippen LogP contribution in [0.25, 0.3) is 0 Å². The molecule has 0 aliphatic carbocycles. The Kier molecular flexibility index (Phi) is 6.47. The summed E-state index contributed by atoms with van der Waals surface area (Å²) in [7, 11) is 0. The molecule has 98 valence electrons. The predicted octanol–water partition coefficient (Wildman–Crippen LogP) is 2.89. The molecular weight excluding hydrogens is 250 g/mol. The predicted molar refractivity (Wildman–Crippen MR) is 74.0 cm³/mol. The van der Waals surface area contributed by atoms with E-state index in [2.05, 4.69) is 5.32 Å². The molecule has 18 heavy (non-hydrogen) atoms. The van der Waals surface area contributed by atoms with Gasteiger partial charge >= 0.3 is 5.97 Å². The zero-order valence-electron chi connectivity index (χ0n) is 10.4. The normalized spacial score (nSPS) is 11.6. The van der Waals surface area contributed by atoms with Crippen LogP contribution in [0.2, 0.25) is 5.02 Å². The van der Waals surface area contributed by atoms with Crippen LogP contribution < -0.4 is 5.32 Å². The molecule has 0 aliphatic heterocycles. The van der Waals surface area contributed by atoms with Crippen molar-refractivity contribution in [3.8, 4) is 0 Å². The SMILES string of the molecule is CC/C(=C/CNCCc1ccc(Cl)cc1)C(=O)O. The number of rotatable bonds is 7. The van der Waals surface area contributed by atoms with Crippen molar-refractivity contribution in [1.29, 1.82) is 0 Å². The molecule has 4 heteroatoms. The highest BCUT2D eigenvalue weighted by molar-refractivity contribution is 6.30. The van der Waals surface area contributed by atoms with Gasteiger partial charge in [0, 0.05) is 17.1 Å². The molecule has 0 saturated carbocycles. The van der Waals surface area contributed by atoms with Gasteiger partial charge in [-0.2, -0.15) is 0 Å². The molecule has 0 bridgehead atoms. The first-order chi connectivity index (χ1) is 8.63. The van der Waals surface area contributed by atoms with Crippen LogP contribution >= 0.6 is 11.6 Å². The molecule has 0 aliphatic rings. The average molecular weight is 268 g/mol. The van der Waals surface area contributed by atoms with Crippen LogP contribution in [0.4, 0.5) is 0 Å². The number of carbonyl (C=O) groups is 1. The Morgan fingerprint density at radius 1 is 1.39 bits per heavy atom. The number of hydrogen-bond donors (Lipinski definition) is 2. The van der Waals surface area contributed by atoms with Gasteiger partial charge in [-0.1, -0.05) is 36.7 Å². The third kappa shape index (κ3) is 5.34. The molecule has 0 atom stereocenters. The fourth-order valence-electron chi connectivity index (χ4n) is 1.56. The highest BCUT2D eigenvalue weighted by Crippen LogP contribution is 2.09. The zero-order valence-corrected chi connectivity index (χ0v) is 11.2. The maximum absolute atomic E-state index is 10.7. The standard InChI is InChI=1S/C14H18ClNO2/c1-2-12(14(17)18)8-10-16-9-7-11-3-5-13(15)6-4-11/h3-6,8,16H,2,7,9-10H2,1H3,(H,17,18)/b12-8-. The fraction of sp³-hybridized carbons (Fsp3) is 0.357. The van der Waals surface area contributed by atoms with Gasteiger partial charge < -0.3 is 10.4 Å². The molecule has 0 saturated heterocycles. The monoisotopic (exact) mass is 267 g/mol. The van der Waals surface area contributed by atoms with Crippen molar-refractivity contribution in [1.82, 2.24) is 5.32 Å². The number of aliphatic carboxylic acids is 1. The van der Waals surface area contributed by atoms with Crippen LogP contribution in [0.3, 0.4) is 0 Å². The summed E-state index contributed by atoms with van der Waals surface area (Å²) in [5.74, 6) is -0.836. The van der Waals surface area contributed by atoms with Crippen LogP contribution in [0.15, 0.2) is 35.9 Å². The van der Waals surface area contributed by atoms with Crippen molar-refractivity contribution in [3.05, 3.63) is 46.5 Å². The largest absolute Gasteiger partial charge is 0.478 e. The van der Waals surface area contributed by atoms with Gasteiger partial charge in [0.2, 0.25) is 0 Å². The molecule has 1 rings (SSSR count). The van der Waals surface area contributed by atoms with E-state index in [4.69, 9.17) is 16.7 Å². The summed E-state index contributed by atoms with van der Waals surface area (Å²) in [6.07, 6.45) is 3.18. The number of nitrogens with one attached hydrogen (secondary N) is 1. The molecule has 0 fully saturated rings. The quantitative estimate of drug-likeness (QED) is 0.590. The summed E-state index contributed by atoms with van der Waals surface area (Å²) >= 11 is 5.80. The lowest BCUT2D eigenvalue weighted by Gasteiger charge is -2.03. The van der Waals surface area contributed by atoms with Crippen LogP contribution in [0.1, 0.15) is 18.9 Å². The second-order valence-electron chi connectivity index (χ2n) is 3.97. The van der Waals surface area contributed by atoms with Gasteiger partial charge in [-0.05, 0) is 37.1 Å². The maximum Gasteiger partial charge on any atom is 0.331 e. The highest BCUT2D eigenvalue weighted by Gasteiger charge is 2.02. The van der Waals surface area contributed by atoms with Crippen LogP contribution in [-0.2, 0) is 11.2 Å². The minimum Gasteiger partial charge on any atom is -0.478 e. The van der Waals surface area contributed by atoms with Crippen molar-refractivity contribution in [2.75, 3.05) is 13.1 Å². The minimum absolute atomic E-state index is 0.453. The van der Waals surface area contributed by atoms with Crippen molar-refractivity contribution < 1.29 is 9.90 Å². The fourth-order valence-corrected chi connectivity index (χ4v) is 1.69. The summed E-state index contributed by atoms with van der Waals surface area (Å²) in [5.41, 5.74) is 1.67. The molecule has 1 aromatic carbocycles. The van der Waals surface area contributed by atoms with E-state index in [-0.39, 0.29) is 0 Å². The third-order valence-corrected chi connectivity index (χ3v) is 2.90. The molecule has 2 N–H and O–H groups in total. The Balaban J connectivity index is 2.26. The summed E-state index contributed by atoms with van der Waals surface area (Å²) in [6, 6.07) is 7.73. The molecule has 3 nitrogen and oxygen atoms in total. The second-order valence-corrected chi connectivity index (χ2v) is 4.41. The van der Waals surface area contributed by atoms with Gasteiger partial charge in [-0.3, -0.25) is 0 Å². The Morgan fingerprint density at radius 3 is 2.61 bits per heavy atom. The third-order valence-electron chi connectivity index (χ3n) is 2.65. The van der Waals surface area contributed by atoms with Crippen molar-refractivity contribution >= 4 is 17.6 Å². The number of halogens is 1. The van der Waals surface area contributed by atoms with E-state index in [1.165, 1.54) is 5.56 Å². The van der Waals surface area contributed by atoms with Crippen molar-refractivity contribution in [2.45, 2.75) is 19.8 Å². The molecule has 0 aromatic heterocycles. The van der Waals surface area contributed by atoms with E-state index < -0.39 is 5.97 Å². The minimum atomic E-state index is -0.836. The van der Waals surface area contributed by atoms with E-state index in [1.54, 1.807) is 6.08 Å². The molecule has 0 spiro atoms. The van der Waals surface area contributed by atoms with Gasteiger partial charge in [0.1, 0.15) is 0 Å². The van der Waals surface area contributed by atoms with E-state index in [0.29, 0.717) is 18.5 Å². The van der Waals surface area contributed by atoms with Crippen LogP contribution in [0, 0.1) is 0 Å². The second kappa shape index (κ2) is 7.90. The van der Waals surface area contributed by atoms with E-state index >= 15 is 0 Å². The molecule has 1 aromatic rings. The summed E-state index contributed by atoms with van der Waals surface area (Å²) < 4.78 is 0. The molecule has 0 amide bonds. The van der Waals surface area contributed by atoms with Gasteiger partial charge in [0.05, 0.1) is 0 Å². The lowest BCUT2D eigenvalue weighted by atomic mass is 10.1. The first-order valence-electron chi connectivity index (χ1n) is 6.01. The first-order valence-corrected chi connectivity index (χ1v) is 6.38. The molecule has 0 radical (unpaired) electrons. The maximum atomic E-state index is 10.7. The Labute approximate surface area is 112 Å². The number of hydrogen-bond acceptors (Lipinski definition) is 2. The summed E-state index contributed by atoms with van der Waals surface area (Å²) in [4.78, 5) is 10.7. The molecule has 0 unspecified atom stereocenters. The van der Waals surface area contributed by atoms with Crippen molar-refractivity contribution in [2.24, 2.45) is 0 Å². The Hall–Kier alpha value is -1.32. The van der Waals surface area contributed by atoms with Crippen LogP contribution in [-0.4, -0.2) is 24.2 Å². The summed E-state index contributed by atoms with van der Waals surface area (Å²) in [5, 5.41) is 12.8. The van der Waals surface area contributed by atoms with Gasteiger partial charge in [-0.25, -0.2) is 4.79 Å². The Bertz CT molecular complexity index is 412. The van der Waals surface area contributed by atoms with Crippen LogP contribution in [0.5, 0.6) is 0 Å². The van der Waals surface area contributed by atoms with E-state index in [1.807, 2.05) is 31.2 Å². The van der Waals surface area contributed by atoms with Gasteiger partial charge in [-0.15, -0.1) is 0 Å². The zero-order chi connectivity index (χ0) is 13.4. The smallest absolute Gasteiger partial charge is 0.331 e. The van der Waals surface area contributed by atoms with Gasteiger partial charge in [0.25, 0.3) is 0 Å². The first kappa shape index (κ1) is 14.7. The van der Waals surface area contributed by atoms with E-state index in [9.17, 15) is 4.79 Å². The lowest BCUT2D eigenvalue weighted by Crippen LogP contribution is -2.18. The topological polar surface area (TPSA) is 49.3 Å². The van der Waals surface area contributed by atoms with Crippen molar-refractivity contribution in [3.63, 3.8) is 0 Å². The molecule has 0 heterocycles. The number of carboxylic acid groups (broad SMARTS) is 1. The molecular formula is C14H18ClNO2. The number of carboxylic acids is 1. The van der Waals surface area contributed by atoms with Gasteiger partial charge in [0.15, 0.2) is 0 Å². The highest BCUT2D eigenvalue weighted by atomic mass is 35.5.